The van der Waals surface area contributed by atoms with E-state index in [2.05, 4.69) is 10.3 Å². The lowest BCUT2D eigenvalue weighted by Crippen LogP contribution is -2.18. The minimum Gasteiger partial charge on any atom is -0.496 e. The van der Waals surface area contributed by atoms with Crippen molar-refractivity contribution < 1.29 is 22.6 Å². The number of nitrogens with zero attached hydrogens (tertiary/aromatic N) is 1. The van der Waals surface area contributed by atoms with Gasteiger partial charge in [-0.15, -0.1) is 0 Å². The van der Waals surface area contributed by atoms with E-state index in [1.54, 1.807) is 26.2 Å². The number of aryl methyl sites for hydroxylation is 1. The third-order valence-corrected chi connectivity index (χ3v) is 5.37. The summed E-state index contributed by atoms with van der Waals surface area (Å²) in [5.41, 5.74) is 7.18. The molecule has 0 spiro atoms. The standard InChI is InChI=1S/C24H28F3N3O2/c1-14-12-20(24(25,26)27)30-23-17(29-15(2)8-7-11-28)13-19(32-4)22(21(14)23)16-9-5-6-10-18(16)31-3/h5-6,9-10,12-13,15,29H,7-8,11,28H2,1-4H3. The number of fused-ring (bicyclic) bond motifs is 1. The zero-order chi connectivity index (χ0) is 23.5. The molecule has 0 aliphatic heterocycles. The number of anilines is 1. The summed E-state index contributed by atoms with van der Waals surface area (Å²) in [6.45, 7) is 4.15. The Kier molecular flexibility index (Phi) is 7.13. The summed E-state index contributed by atoms with van der Waals surface area (Å²) in [4.78, 5) is 4.05. The van der Waals surface area contributed by atoms with Crippen LogP contribution in [0.5, 0.6) is 11.5 Å². The summed E-state index contributed by atoms with van der Waals surface area (Å²) in [5.74, 6) is 1.10. The molecule has 0 amide bonds. The first-order valence-corrected chi connectivity index (χ1v) is 10.4. The SMILES string of the molecule is COc1ccccc1-c1c(OC)cc(NC(C)CCCN)c2nc(C(F)(F)F)cc(C)c12. The number of alkyl halides is 3. The third-order valence-electron chi connectivity index (χ3n) is 5.37. The Morgan fingerprint density at radius 2 is 1.78 bits per heavy atom. The number of para-hydroxylation sites is 1. The van der Waals surface area contributed by atoms with Gasteiger partial charge >= 0.3 is 6.18 Å². The second-order valence-corrected chi connectivity index (χ2v) is 7.72. The van der Waals surface area contributed by atoms with Crippen LogP contribution in [-0.2, 0) is 6.18 Å². The van der Waals surface area contributed by atoms with Crippen molar-refractivity contribution in [2.75, 3.05) is 26.1 Å². The Morgan fingerprint density at radius 1 is 1.09 bits per heavy atom. The molecule has 172 valence electrons. The van der Waals surface area contributed by atoms with Crippen LogP contribution in [0, 0.1) is 6.92 Å². The number of nitrogens with one attached hydrogen (secondary N) is 1. The second kappa shape index (κ2) is 9.65. The number of pyridine rings is 1. The van der Waals surface area contributed by atoms with Gasteiger partial charge in [-0.05, 0) is 50.9 Å². The molecule has 8 heteroatoms. The lowest BCUT2D eigenvalue weighted by atomic mass is 9.94. The topological polar surface area (TPSA) is 69.4 Å². The summed E-state index contributed by atoms with van der Waals surface area (Å²) < 4.78 is 52.0. The monoisotopic (exact) mass is 447 g/mol. The molecule has 0 radical (unpaired) electrons. The summed E-state index contributed by atoms with van der Waals surface area (Å²) in [6.07, 6.45) is -3.00. The number of halogens is 3. The van der Waals surface area contributed by atoms with Gasteiger partial charge in [-0.3, -0.25) is 0 Å². The number of aromatic nitrogens is 1. The van der Waals surface area contributed by atoms with Gasteiger partial charge in [0.15, 0.2) is 0 Å². The Labute approximate surface area is 185 Å². The van der Waals surface area contributed by atoms with Crippen LogP contribution in [0.15, 0.2) is 36.4 Å². The number of hydrogen-bond acceptors (Lipinski definition) is 5. The van der Waals surface area contributed by atoms with Gasteiger partial charge in [0.25, 0.3) is 0 Å². The molecular formula is C24H28F3N3O2. The highest BCUT2D eigenvalue weighted by Gasteiger charge is 2.34. The molecule has 32 heavy (non-hydrogen) atoms. The Hall–Kier alpha value is -3.00. The Bertz CT molecular complexity index is 1100. The van der Waals surface area contributed by atoms with E-state index >= 15 is 0 Å². The summed E-state index contributed by atoms with van der Waals surface area (Å²) in [6, 6.07) is 10.1. The van der Waals surface area contributed by atoms with Gasteiger partial charge in [-0.25, -0.2) is 4.98 Å². The zero-order valence-corrected chi connectivity index (χ0v) is 18.6. The van der Waals surface area contributed by atoms with Crippen molar-refractivity contribution in [2.45, 2.75) is 38.9 Å². The summed E-state index contributed by atoms with van der Waals surface area (Å²) >= 11 is 0. The summed E-state index contributed by atoms with van der Waals surface area (Å²) in [5, 5.41) is 3.89. The van der Waals surface area contributed by atoms with Crippen LogP contribution in [0.3, 0.4) is 0 Å². The van der Waals surface area contributed by atoms with E-state index in [1.807, 2.05) is 25.1 Å². The van der Waals surface area contributed by atoms with Gasteiger partial charge in [0.05, 0.1) is 25.4 Å². The molecule has 3 aromatic rings. The van der Waals surface area contributed by atoms with Crippen LogP contribution in [0.1, 0.15) is 31.0 Å². The smallest absolute Gasteiger partial charge is 0.433 e. The van der Waals surface area contributed by atoms with Gasteiger partial charge in [0.1, 0.15) is 17.2 Å². The predicted octanol–water partition coefficient (Wildman–Crippen LogP) is 5.79. The molecule has 1 atom stereocenters. The van der Waals surface area contributed by atoms with Crippen molar-refractivity contribution in [3.05, 3.63) is 47.7 Å². The minimum absolute atomic E-state index is 0.0137. The van der Waals surface area contributed by atoms with Crippen LogP contribution in [0.25, 0.3) is 22.0 Å². The number of benzene rings is 2. The minimum atomic E-state index is -4.56. The van der Waals surface area contributed by atoms with E-state index in [0.717, 1.165) is 18.9 Å². The predicted molar refractivity (Wildman–Crippen MR) is 121 cm³/mol. The molecular weight excluding hydrogens is 419 g/mol. The molecule has 0 saturated heterocycles. The lowest BCUT2D eigenvalue weighted by Gasteiger charge is -2.22. The number of hydrogen-bond donors (Lipinski definition) is 2. The van der Waals surface area contributed by atoms with Crippen molar-refractivity contribution in [3.63, 3.8) is 0 Å². The molecule has 0 aliphatic rings. The van der Waals surface area contributed by atoms with E-state index in [0.29, 0.717) is 45.8 Å². The molecule has 0 aliphatic carbocycles. The molecule has 1 aromatic heterocycles. The number of ether oxygens (including phenoxy) is 2. The van der Waals surface area contributed by atoms with Crippen LogP contribution in [0.4, 0.5) is 18.9 Å². The van der Waals surface area contributed by atoms with E-state index in [-0.39, 0.29) is 11.6 Å². The molecule has 3 N–H and O–H groups in total. The molecule has 1 unspecified atom stereocenters. The highest BCUT2D eigenvalue weighted by molar-refractivity contribution is 6.07. The maximum absolute atomic E-state index is 13.6. The van der Waals surface area contributed by atoms with Gasteiger partial charge < -0.3 is 20.5 Å². The fraction of sp³-hybridized carbons (Fsp3) is 0.375. The largest absolute Gasteiger partial charge is 0.496 e. The number of rotatable bonds is 8. The molecule has 0 saturated carbocycles. The molecule has 2 aromatic carbocycles. The fourth-order valence-corrected chi connectivity index (χ4v) is 3.87. The lowest BCUT2D eigenvalue weighted by molar-refractivity contribution is -0.141. The Balaban J connectivity index is 2.36. The zero-order valence-electron chi connectivity index (χ0n) is 18.6. The van der Waals surface area contributed by atoms with Crippen LogP contribution in [-0.4, -0.2) is 31.8 Å². The molecule has 3 rings (SSSR count). The molecule has 5 nitrogen and oxygen atoms in total. The van der Waals surface area contributed by atoms with Crippen molar-refractivity contribution in [1.82, 2.24) is 4.98 Å². The maximum Gasteiger partial charge on any atom is 0.433 e. The third kappa shape index (κ3) is 4.75. The van der Waals surface area contributed by atoms with Crippen LogP contribution in [0.2, 0.25) is 0 Å². The van der Waals surface area contributed by atoms with Gasteiger partial charge in [-0.1, -0.05) is 18.2 Å². The maximum atomic E-state index is 13.6. The first-order chi connectivity index (χ1) is 15.2. The molecule has 1 heterocycles. The quantitative estimate of drug-likeness (QED) is 0.458. The second-order valence-electron chi connectivity index (χ2n) is 7.72. The van der Waals surface area contributed by atoms with Crippen LogP contribution >= 0.6 is 0 Å². The first kappa shape index (κ1) is 23.7. The van der Waals surface area contributed by atoms with E-state index in [9.17, 15) is 13.2 Å². The molecule has 0 bridgehead atoms. The van der Waals surface area contributed by atoms with Crippen molar-refractivity contribution in [3.8, 4) is 22.6 Å². The molecule has 0 fully saturated rings. The fourth-order valence-electron chi connectivity index (χ4n) is 3.87. The van der Waals surface area contributed by atoms with Crippen molar-refractivity contribution in [2.24, 2.45) is 5.73 Å². The normalized spacial score (nSPS) is 12.6. The van der Waals surface area contributed by atoms with Gasteiger partial charge in [0, 0.05) is 28.6 Å². The van der Waals surface area contributed by atoms with Gasteiger partial charge in [-0.2, -0.15) is 13.2 Å². The van der Waals surface area contributed by atoms with Crippen molar-refractivity contribution in [1.29, 1.82) is 0 Å². The summed E-state index contributed by atoms with van der Waals surface area (Å²) in [7, 11) is 3.09. The number of nitrogens with two attached hydrogens (primary N) is 1. The van der Waals surface area contributed by atoms with E-state index in [4.69, 9.17) is 15.2 Å². The van der Waals surface area contributed by atoms with E-state index in [1.165, 1.54) is 7.11 Å². The van der Waals surface area contributed by atoms with Crippen LogP contribution < -0.4 is 20.5 Å². The van der Waals surface area contributed by atoms with E-state index < -0.39 is 11.9 Å². The average Bonchev–Trinajstić information content (AvgIpc) is 2.76. The highest BCUT2D eigenvalue weighted by Crippen LogP contribution is 2.46. The van der Waals surface area contributed by atoms with Gasteiger partial charge in [0.2, 0.25) is 0 Å². The Morgan fingerprint density at radius 3 is 2.41 bits per heavy atom. The van der Waals surface area contributed by atoms with Crippen molar-refractivity contribution >= 4 is 16.6 Å². The average molecular weight is 448 g/mol. The number of methoxy groups -OCH3 is 2. The highest BCUT2D eigenvalue weighted by atomic mass is 19.4. The first-order valence-electron chi connectivity index (χ1n) is 10.4.